The van der Waals surface area contributed by atoms with Crippen molar-refractivity contribution in [1.82, 2.24) is 10.3 Å². The number of para-hydroxylation sites is 1. The molecule has 2 amide bonds. The maximum absolute atomic E-state index is 13.6. The van der Waals surface area contributed by atoms with E-state index in [1.807, 2.05) is 42.5 Å². The molecule has 0 aliphatic rings. The lowest BCUT2D eigenvalue weighted by Crippen LogP contribution is -2.37. The molecule has 0 saturated heterocycles. The third-order valence-corrected chi connectivity index (χ3v) is 5.41. The molecule has 0 fully saturated rings. The molecular weight excluding hydrogens is 476 g/mol. The van der Waals surface area contributed by atoms with Crippen LogP contribution < -0.4 is 20.3 Å². The molecule has 0 atom stereocenters. The fourth-order valence-electron chi connectivity index (χ4n) is 3.38. The Morgan fingerprint density at radius 2 is 1.75 bits per heavy atom. The molecule has 36 heavy (non-hydrogen) atoms. The van der Waals surface area contributed by atoms with Crippen molar-refractivity contribution in [1.29, 1.82) is 0 Å². The number of rotatable bonds is 11. The molecule has 0 saturated carbocycles. The zero-order chi connectivity index (χ0) is 26.0. The Kier molecular flexibility index (Phi) is 9.70. The second-order valence-corrected chi connectivity index (χ2v) is 10.0. The highest BCUT2D eigenvalue weighted by Crippen LogP contribution is 2.24. The van der Waals surface area contributed by atoms with Gasteiger partial charge < -0.3 is 20.3 Å². The van der Waals surface area contributed by atoms with E-state index < -0.39 is 0 Å². The number of aromatic nitrogens is 1. The van der Waals surface area contributed by atoms with Gasteiger partial charge in [-0.15, -0.1) is 0 Å². The van der Waals surface area contributed by atoms with Gasteiger partial charge in [0.25, 0.3) is 5.91 Å². The molecule has 3 rings (SSSR count). The number of hydrogen-bond donors (Lipinski definition) is 2. The van der Waals surface area contributed by atoms with E-state index >= 15 is 0 Å². The number of nitrogens with zero attached hydrogens (tertiary/aromatic N) is 2. The Bertz CT molecular complexity index is 1130. The van der Waals surface area contributed by atoms with Crippen LogP contribution >= 0.6 is 11.6 Å². The fraction of sp³-hybridized carbons (Fsp3) is 0.321. The highest BCUT2D eigenvalue weighted by molar-refractivity contribution is 6.31. The molecular formula is C28H33ClN4O3. The smallest absolute Gasteiger partial charge is 0.258 e. The van der Waals surface area contributed by atoms with Gasteiger partial charge in [0.15, 0.2) is 0 Å². The molecule has 0 aliphatic heterocycles. The summed E-state index contributed by atoms with van der Waals surface area (Å²) in [5, 5.41) is 6.58. The SMILES string of the molecule is CC(C)(C)CNC(=O)CCN(C(=O)c1cc(Cl)cc(OCCNc2ccncc2)c1)c1ccccc1. The summed E-state index contributed by atoms with van der Waals surface area (Å²) >= 11 is 6.33. The molecule has 2 aromatic carbocycles. The monoisotopic (exact) mass is 508 g/mol. The fourth-order valence-corrected chi connectivity index (χ4v) is 3.61. The maximum Gasteiger partial charge on any atom is 0.258 e. The second kappa shape index (κ2) is 12.9. The molecule has 0 bridgehead atoms. The minimum atomic E-state index is -0.257. The van der Waals surface area contributed by atoms with Crippen molar-refractivity contribution >= 4 is 34.8 Å². The Balaban J connectivity index is 1.68. The largest absolute Gasteiger partial charge is 0.492 e. The summed E-state index contributed by atoms with van der Waals surface area (Å²) < 4.78 is 5.85. The normalized spacial score (nSPS) is 11.0. The summed E-state index contributed by atoms with van der Waals surface area (Å²) in [7, 11) is 0. The number of hydrogen-bond acceptors (Lipinski definition) is 5. The van der Waals surface area contributed by atoms with E-state index in [1.165, 1.54) is 0 Å². The highest BCUT2D eigenvalue weighted by atomic mass is 35.5. The molecule has 0 aliphatic carbocycles. The zero-order valence-electron chi connectivity index (χ0n) is 21.0. The molecule has 2 N–H and O–H groups in total. The second-order valence-electron chi connectivity index (χ2n) is 9.57. The third-order valence-electron chi connectivity index (χ3n) is 5.19. The van der Waals surface area contributed by atoms with Crippen LogP contribution in [-0.4, -0.2) is 43.0 Å². The number of ether oxygens (including phenoxy) is 1. The van der Waals surface area contributed by atoms with Gasteiger partial charge >= 0.3 is 0 Å². The molecule has 1 aromatic heterocycles. The standard InChI is InChI=1S/C28H33ClN4O3/c1-28(2,3)20-32-26(34)11-15-33(24-7-5-4-6-8-24)27(35)21-17-22(29)19-25(18-21)36-16-14-31-23-9-12-30-13-10-23/h4-10,12-13,17-19H,11,14-16,20H2,1-3H3,(H,30,31)(H,32,34). The molecule has 8 heteroatoms. The number of halogens is 1. The van der Waals surface area contributed by atoms with Gasteiger partial charge in [-0.25, -0.2) is 0 Å². The number of amides is 2. The van der Waals surface area contributed by atoms with Crippen LogP contribution in [0.4, 0.5) is 11.4 Å². The zero-order valence-corrected chi connectivity index (χ0v) is 21.7. The van der Waals surface area contributed by atoms with E-state index in [9.17, 15) is 9.59 Å². The van der Waals surface area contributed by atoms with Gasteiger partial charge in [-0.1, -0.05) is 50.6 Å². The van der Waals surface area contributed by atoms with E-state index in [4.69, 9.17) is 16.3 Å². The summed E-state index contributed by atoms with van der Waals surface area (Å²) in [4.78, 5) is 31.6. The summed E-state index contributed by atoms with van der Waals surface area (Å²) in [5.41, 5.74) is 2.02. The quantitative estimate of drug-likeness (QED) is 0.338. The number of carbonyl (C=O) groups is 2. The van der Waals surface area contributed by atoms with Gasteiger partial charge in [0.1, 0.15) is 12.4 Å². The molecule has 0 spiro atoms. The first kappa shape index (κ1) is 27.0. The summed E-state index contributed by atoms with van der Waals surface area (Å²) in [6.45, 7) is 7.92. The van der Waals surface area contributed by atoms with Crippen molar-refractivity contribution in [2.75, 3.05) is 36.5 Å². The van der Waals surface area contributed by atoms with Crippen molar-refractivity contribution in [2.45, 2.75) is 27.2 Å². The summed E-state index contributed by atoms with van der Waals surface area (Å²) in [5.74, 6) is 0.140. The molecule has 7 nitrogen and oxygen atoms in total. The first-order valence-electron chi connectivity index (χ1n) is 11.9. The molecule has 0 radical (unpaired) electrons. The van der Waals surface area contributed by atoms with Crippen molar-refractivity contribution in [3.8, 4) is 5.75 Å². The van der Waals surface area contributed by atoms with Crippen molar-refractivity contribution in [2.24, 2.45) is 5.41 Å². The van der Waals surface area contributed by atoms with Crippen molar-refractivity contribution in [3.63, 3.8) is 0 Å². The summed E-state index contributed by atoms with van der Waals surface area (Å²) in [6, 6.07) is 18.0. The van der Waals surface area contributed by atoms with E-state index in [2.05, 4.69) is 36.4 Å². The first-order chi connectivity index (χ1) is 17.2. The van der Waals surface area contributed by atoms with E-state index in [0.29, 0.717) is 41.7 Å². The minimum absolute atomic E-state index is 0.0182. The van der Waals surface area contributed by atoms with Crippen LogP contribution in [-0.2, 0) is 4.79 Å². The van der Waals surface area contributed by atoms with Crippen LogP contribution in [0.15, 0.2) is 73.1 Å². The number of pyridine rings is 1. The van der Waals surface area contributed by atoms with Crippen LogP contribution in [0.1, 0.15) is 37.6 Å². The van der Waals surface area contributed by atoms with Crippen LogP contribution in [0.25, 0.3) is 0 Å². The molecule has 3 aromatic rings. The average molecular weight is 509 g/mol. The number of benzene rings is 2. The number of anilines is 2. The topological polar surface area (TPSA) is 83.6 Å². The van der Waals surface area contributed by atoms with Crippen LogP contribution in [0.2, 0.25) is 5.02 Å². The average Bonchev–Trinajstić information content (AvgIpc) is 2.86. The maximum atomic E-state index is 13.6. The molecule has 190 valence electrons. The lowest BCUT2D eigenvalue weighted by Gasteiger charge is -2.24. The van der Waals surface area contributed by atoms with Gasteiger partial charge in [-0.2, -0.15) is 0 Å². The highest BCUT2D eigenvalue weighted by Gasteiger charge is 2.21. The van der Waals surface area contributed by atoms with E-state index in [1.54, 1.807) is 35.5 Å². The Morgan fingerprint density at radius 1 is 1.03 bits per heavy atom. The van der Waals surface area contributed by atoms with Gasteiger partial charge in [-0.05, 0) is 47.9 Å². The van der Waals surface area contributed by atoms with Crippen LogP contribution in [0.3, 0.4) is 0 Å². The van der Waals surface area contributed by atoms with Gasteiger partial charge in [0, 0.05) is 60.4 Å². The Morgan fingerprint density at radius 3 is 2.44 bits per heavy atom. The van der Waals surface area contributed by atoms with Gasteiger partial charge in [-0.3, -0.25) is 14.6 Å². The lowest BCUT2D eigenvalue weighted by molar-refractivity contribution is -0.121. The Hall–Kier alpha value is -3.58. The third kappa shape index (κ3) is 8.89. The van der Waals surface area contributed by atoms with Gasteiger partial charge in [0.05, 0.1) is 0 Å². The van der Waals surface area contributed by atoms with E-state index in [0.717, 1.165) is 5.69 Å². The predicted molar refractivity (Wildman–Crippen MR) is 145 cm³/mol. The van der Waals surface area contributed by atoms with E-state index in [-0.39, 0.29) is 30.2 Å². The first-order valence-corrected chi connectivity index (χ1v) is 12.3. The molecule has 0 unspecified atom stereocenters. The van der Waals surface area contributed by atoms with Crippen LogP contribution in [0.5, 0.6) is 5.75 Å². The van der Waals surface area contributed by atoms with Crippen molar-refractivity contribution in [3.05, 3.63) is 83.6 Å². The number of carbonyl (C=O) groups excluding carboxylic acids is 2. The van der Waals surface area contributed by atoms with Crippen LogP contribution in [0, 0.1) is 5.41 Å². The Labute approximate surface area is 217 Å². The summed E-state index contributed by atoms with van der Waals surface area (Å²) in [6.07, 6.45) is 3.61. The predicted octanol–water partition coefficient (Wildman–Crippen LogP) is 5.43. The lowest BCUT2D eigenvalue weighted by atomic mass is 9.97. The minimum Gasteiger partial charge on any atom is -0.492 e. The van der Waals surface area contributed by atoms with Gasteiger partial charge in [0.2, 0.25) is 5.91 Å². The van der Waals surface area contributed by atoms with Crippen molar-refractivity contribution < 1.29 is 14.3 Å². The molecule has 1 heterocycles. The number of nitrogens with one attached hydrogen (secondary N) is 2.